The first-order valence-corrected chi connectivity index (χ1v) is 8.12. The van der Waals surface area contributed by atoms with Gasteiger partial charge in [-0.15, -0.1) is 11.3 Å². The lowest BCUT2D eigenvalue weighted by Crippen LogP contribution is -2.69. The van der Waals surface area contributed by atoms with Crippen molar-refractivity contribution in [3.8, 4) is 0 Å². The van der Waals surface area contributed by atoms with E-state index >= 15 is 0 Å². The molecule has 1 aliphatic carbocycles. The minimum atomic E-state index is 0.242. The fourth-order valence-corrected chi connectivity index (χ4v) is 4.56. The van der Waals surface area contributed by atoms with Crippen LogP contribution in [0.2, 0.25) is 0 Å². The average molecular weight is 280 g/mol. The molecule has 2 heterocycles. The Morgan fingerprint density at radius 3 is 3.00 bits per heavy atom. The quantitative estimate of drug-likeness (QED) is 0.922. The molecule has 1 aliphatic heterocycles. The fourth-order valence-electron chi connectivity index (χ4n) is 3.77. The van der Waals surface area contributed by atoms with E-state index in [1.54, 1.807) is 11.3 Å². The molecule has 19 heavy (non-hydrogen) atoms. The van der Waals surface area contributed by atoms with E-state index < -0.39 is 0 Å². The van der Waals surface area contributed by atoms with Crippen molar-refractivity contribution < 1.29 is 4.74 Å². The van der Waals surface area contributed by atoms with Gasteiger partial charge in [0.25, 0.3) is 0 Å². The highest BCUT2D eigenvalue weighted by Crippen LogP contribution is 2.51. The van der Waals surface area contributed by atoms with Crippen LogP contribution in [0.15, 0.2) is 6.20 Å². The van der Waals surface area contributed by atoms with Gasteiger partial charge in [-0.2, -0.15) is 0 Å². The smallest absolute Gasteiger partial charge is 0.109 e. The van der Waals surface area contributed by atoms with Crippen molar-refractivity contribution in [2.24, 2.45) is 11.3 Å². The molecule has 2 fully saturated rings. The SMILES string of the molecule is Cc1cnc(C(C)NC2C3CCCOC3C2(C)C)s1. The molecule has 106 valence electrons. The van der Waals surface area contributed by atoms with Crippen LogP contribution in [0.25, 0.3) is 0 Å². The van der Waals surface area contributed by atoms with E-state index in [1.165, 1.54) is 22.7 Å². The summed E-state index contributed by atoms with van der Waals surface area (Å²) in [6, 6.07) is 0.892. The summed E-state index contributed by atoms with van der Waals surface area (Å²) in [6.45, 7) is 9.95. The van der Waals surface area contributed by atoms with Crippen molar-refractivity contribution >= 4 is 11.3 Å². The summed E-state index contributed by atoms with van der Waals surface area (Å²) in [5.74, 6) is 0.687. The molecule has 2 aliphatic rings. The number of thiazole rings is 1. The second-order valence-electron chi connectivity index (χ2n) is 6.59. The van der Waals surface area contributed by atoms with Crippen molar-refractivity contribution in [1.29, 1.82) is 0 Å². The van der Waals surface area contributed by atoms with Crippen molar-refractivity contribution in [2.75, 3.05) is 6.61 Å². The van der Waals surface area contributed by atoms with E-state index in [-0.39, 0.29) is 5.41 Å². The Morgan fingerprint density at radius 1 is 1.53 bits per heavy atom. The van der Waals surface area contributed by atoms with Gasteiger partial charge in [-0.3, -0.25) is 0 Å². The molecule has 4 atom stereocenters. The molecular weight excluding hydrogens is 256 g/mol. The van der Waals surface area contributed by atoms with E-state index in [0.29, 0.717) is 24.1 Å². The van der Waals surface area contributed by atoms with Crippen LogP contribution < -0.4 is 5.32 Å². The Labute approximate surface area is 119 Å². The summed E-state index contributed by atoms with van der Waals surface area (Å²) in [7, 11) is 0. The van der Waals surface area contributed by atoms with E-state index in [1.807, 2.05) is 6.20 Å². The van der Waals surface area contributed by atoms with Crippen LogP contribution in [0.1, 0.15) is 49.5 Å². The normalized spacial score (nSPS) is 34.4. The molecule has 1 N–H and O–H groups in total. The maximum Gasteiger partial charge on any atom is 0.109 e. The van der Waals surface area contributed by atoms with E-state index in [4.69, 9.17) is 4.74 Å². The molecule has 3 rings (SSSR count). The van der Waals surface area contributed by atoms with Gasteiger partial charge >= 0.3 is 0 Å². The molecular formula is C15H24N2OS. The summed E-state index contributed by atoms with van der Waals surface area (Å²) >= 11 is 1.80. The number of ether oxygens (including phenoxy) is 1. The number of aryl methyl sites for hydroxylation is 1. The second-order valence-corrected chi connectivity index (χ2v) is 7.86. The number of nitrogens with zero attached hydrogens (tertiary/aromatic N) is 1. The first kappa shape index (κ1) is 13.5. The number of fused-ring (bicyclic) bond motifs is 1. The Balaban J connectivity index is 1.69. The Morgan fingerprint density at radius 2 is 2.32 bits per heavy atom. The van der Waals surface area contributed by atoms with Crippen LogP contribution in [0, 0.1) is 18.3 Å². The van der Waals surface area contributed by atoms with Gasteiger partial charge < -0.3 is 10.1 Å². The van der Waals surface area contributed by atoms with Gasteiger partial charge in [-0.05, 0) is 26.7 Å². The number of rotatable bonds is 3. The fraction of sp³-hybridized carbons (Fsp3) is 0.800. The van der Waals surface area contributed by atoms with Gasteiger partial charge in [0.05, 0.1) is 12.1 Å². The Bertz CT molecular complexity index is 457. The van der Waals surface area contributed by atoms with E-state index in [2.05, 4.69) is 38.0 Å². The maximum absolute atomic E-state index is 5.96. The lowest BCUT2D eigenvalue weighted by atomic mass is 9.55. The van der Waals surface area contributed by atoms with Gasteiger partial charge in [0.2, 0.25) is 0 Å². The molecule has 0 spiro atoms. The maximum atomic E-state index is 5.96. The number of hydrogen-bond donors (Lipinski definition) is 1. The highest BCUT2D eigenvalue weighted by Gasteiger charge is 2.57. The molecule has 1 aromatic heterocycles. The predicted octanol–water partition coefficient (Wildman–Crippen LogP) is 3.31. The minimum absolute atomic E-state index is 0.242. The summed E-state index contributed by atoms with van der Waals surface area (Å²) in [6.07, 6.45) is 4.93. The number of aromatic nitrogens is 1. The third-order valence-electron chi connectivity index (χ3n) is 4.77. The largest absolute Gasteiger partial charge is 0.377 e. The topological polar surface area (TPSA) is 34.2 Å². The average Bonchev–Trinajstić information content (AvgIpc) is 2.82. The van der Waals surface area contributed by atoms with Crippen LogP contribution in [-0.2, 0) is 4.74 Å². The van der Waals surface area contributed by atoms with E-state index in [9.17, 15) is 0 Å². The molecule has 1 saturated carbocycles. The molecule has 0 amide bonds. The summed E-state index contributed by atoms with van der Waals surface area (Å²) in [4.78, 5) is 5.79. The molecule has 3 nitrogen and oxygen atoms in total. The predicted molar refractivity (Wildman–Crippen MR) is 78.4 cm³/mol. The van der Waals surface area contributed by atoms with Crippen LogP contribution in [0.3, 0.4) is 0 Å². The summed E-state index contributed by atoms with van der Waals surface area (Å²) in [5, 5.41) is 5.01. The molecule has 1 saturated heterocycles. The molecule has 4 unspecified atom stereocenters. The van der Waals surface area contributed by atoms with Crippen molar-refractivity contribution in [1.82, 2.24) is 10.3 Å². The third-order valence-corrected chi connectivity index (χ3v) is 5.87. The number of hydrogen-bond acceptors (Lipinski definition) is 4. The lowest BCUT2D eigenvalue weighted by Gasteiger charge is -2.60. The van der Waals surface area contributed by atoms with Crippen LogP contribution in [-0.4, -0.2) is 23.7 Å². The standard InChI is InChI=1S/C15H24N2OS/c1-9-8-16-14(19-9)10(2)17-12-11-6-5-7-18-13(11)15(12,3)4/h8,10-13,17H,5-7H2,1-4H3. The van der Waals surface area contributed by atoms with Gasteiger partial charge in [0.15, 0.2) is 0 Å². The minimum Gasteiger partial charge on any atom is -0.377 e. The van der Waals surface area contributed by atoms with Crippen molar-refractivity contribution in [3.05, 3.63) is 16.1 Å². The van der Waals surface area contributed by atoms with Crippen molar-refractivity contribution in [3.63, 3.8) is 0 Å². The van der Waals surface area contributed by atoms with Gasteiger partial charge in [-0.1, -0.05) is 13.8 Å². The lowest BCUT2D eigenvalue weighted by molar-refractivity contribution is -0.194. The monoisotopic (exact) mass is 280 g/mol. The highest BCUT2D eigenvalue weighted by molar-refractivity contribution is 7.11. The third kappa shape index (κ3) is 2.24. The molecule has 4 heteroatoms. The number of nitrogens with one attached hydrogen (secondary N) is 1. The van der Waals surface area contributed by atoms with Crippen LogP contribution in [0.4, 0.5) is 0 Å². The Hall–Kier alpha value is -0.450. The van der Waals surface area contributed by atoms with Gasteiger partial charge in [0, 0.05) is 35.1 Å². The van der Waals surface area contributed by atoms with E-state index in [0.717, 1.165) is 6.61 Å². The first-order chi connectivity index (χ1) is 9.00. The Kier molecular flexibility index (Phi) is 3.44. The molecule has 0 bridgehead atoms. The molecule has 0 aromatic carbocycles. The second kappa shape index (κ2) is 4.83. The summed E-state index contributed by atoms with van der Waals surface area (Å²) in [5.41, 5.74) is 0.242. The zero-order valence-corrected chi connectivity index (χ0v) is 13.1. The molecule has 0 radical (unpaired) electrons. The van der Waals surface area contributed by atoms with Crippen molar-refractivity contribution in [2.45, 2.75) is 58.7 Å². The highest BCUT2D eigenvalue weighted by atomic mass is 32.1. The van der Waals surface area contributed by atoms with Crippen LogP contribution in [0.5, 0.6) is 0 Å². The van der Waals surface area contributed by atoms with Gasteiger partial charge in [-0.25, -0.2) is 4.98 Å². The zero-order chi connectivity index (χ0) is 13.6. The van der Waals surface area contributed by atoms with Crippen LogP contribution >= 0.6 is 11.3 Å². The zero-order valence-electron chi connectivity index (χ0n) is 12.3. The first-order valence-electron chi connectivity index (χ1n) is 7.30. The molecule has 1 aromatic rings. The van der Waals surface area contributed by atoms with Gasteiger partial charge in [0.1, 0.15) is 5.01 Å². The summed E-state index contributed by atoms with van der Waals surface area (Å²) < 4.78 is 5.96.